The number of carbonyl (C=O) groups excluding carboxylic acids is 1. The van der Waals surface area contributed by atoms with E-state index in [0.717, 1.165) is 56.2 Å². The Balaban J connectivity index is 1.36. The lowest BCUT2D eigenvalue weighted by Crippen LogP contribution is -2.48. The van der Waals surface area contributed by atoms with Crippen molar-refractivity contribution in [2.75, 3.05) is 33.0 Å². The third-order valence-electron chi connectivity index (χ3n) is 5.19. The molecular formula is C20H24N2O3S. The first kappa shape index (κ1) is 17.4. The fourth-order valence-electron chi connectivity index (χ4n) is 3.68. The number of thiophene rings is 1. The number of aryl methyl sites for hydroxylation is 1. The Bertz CT molecular complexity index is 809. The summed E-state index contributed by atoms with van der Waals surface area (Å²) in [6.45, 7) is 8.74. The second-order valence-corrected chi connectivity index (χ2v) is 7.88. The first-order valence-corrected chi connectivity index (χ1v) is 10.0. The van der Waals surface area contributed by atoms with Gasteiger partial charge in [-0.25, -0.2) is 0 Å². The quantitative estimate of drug-likeness (QED) is 0.826. The minimum Gasteiger partial charge on any atom is -0.454 e. The summed E-state index contributed by atoms with van der Waals surface area (Å²) in [6, 6.07) is 6.12. The maximum Gasteiger partial charge on any atom is 0.255 e. The van der Waals surface area contributed by atoms with Crippen LogP contribution >= 0.6 is 11.3 Å². The number of rotatable bonds is 4. The van der Waals surface area contributed by atoms with Gasteiger partial charge in [-0.2, -0.15) is 0 Å². The molecule has 0 unspecified atom stereocenters. The molecule has 0 radical (unpaired) electrons. The van der Waals surface area contributed by atoms with Gasteiger partial charge in [-0.15, -0.1) is 11.3 Å². The van der Waals surface area contributed by atoms with E-state index in [1.165, 1.54) is 16.0 Å². The molecule has 0 saturated carbocycles. The molecule has 2 aliphatic rings. The van der Waals surface area contributed by atoms with Gasteiger partial charge in [0, 0.05) is 43.0 Å². The van der Waals surface area contributed by atoms with Crippen molar-refractivity contribution in [2.45, 2.75) is 26.8 Å². The number of carbonyl (C=O) groups is 1. The smallest absolute Gasteiger partial charge is 0.255 e. The average Bonchev–Trinajstić information content (AvgIpc) is 3.27. The summed E-state index contributed by atoms with van der Waals surface area (Å²) in [5.41, 5.74) is 3.33. The fourth-order valence-corrected chi connectivity index (χ4v) is 4.61. The Morgan fingerprint density at radius 2 is 1.92 bits per heavy atom. The Labute approximate surface area is 158 Å². The summed E-state index contributed by atoms with van der Waals surface area (Å²) in [5, 5.41) is 2.02. The highest BCUT2D eigenvalue weighted by Crippen LogP contribution is 2.33. The largest absolute Gasteiger partial charge is 0.454 e. The molecule has 1 aromatic heterocycles. The maximum absolute atomic E-state index is 12.9. The lowest BCUT2D eigenvalue weighted by molar-refractivity contribution is 0.0628. The van der Waals surface area contributed by atoms with Crippen molar-refractivity contribution >= 4 is 17.2 Å². The number of fused-ring (bicyclic) bond motifs is 1. The van der Waals surface area contributed by atoms with Crippen molar-refractivity contribution in [3.63, 3.8) is 0 Å². The van der Waals surface area contributed by atoms with Crippen LogP contribution in [0.2, 0.25) is 0 Å². The van der Waals surface area contributed by atoms with E-state index in [9.17, 15) is 4.79 Å². The summed E-state index contributed by atoms with van der Waals surface area (Å²) in [4.78, 5) is 18.5. The number of hydrogen-bond donors (Lipinski definition) is 0. The second-order valence-electron chi connectivity index (χ2n) is 6.79. The minimum atomic E-state index is 0.189. The Morgan fingerprint density at radius 1 is 1.15 bits per heavy atom. The van der Waals surface area contributed by atoms with Crippen molar-refractivity contribution in [1.82, 2.24) is 9.80 Å². The number of nitrogens with zero attached hydrogens (tertiary/aromatic N) is 2. The van der Waals surface area contributed by atoms with E-state index in [1.807, 2.05) is 16.3 Å². The van der Waals surface area contributed by atoms with Crippen molar-refractivity contribution in [2.24, 2.45) is 0 Å². The molecule has 1 amide bonds. The maximum atomic E-state index is 12.9. The highest BCUT2D eigenvalue weighted by Gasteiger charge is 2.25. The molecule has 5 nitrogen and oxygen atoms in total. The van der Waals surface area contributed by atoms with Gasteiger partial charge in [-0.3, -0.25) is 9.69 Å². The molecule has 2 aliphatic heterocycles. The molecule has 0 aliphatic carbocycles. The van der Waals surface area contributed by atoms with Gasteiger partial charge in [0.1, 0.15) is 0 Å². The highest BCUT2D eigenvalue weighted by atomic mass is 32.1. The zero-order valence-electron chi connectivity index (χ0n) is 15.3. The summed E-state index contributed by atoms with van der Waals surface area (Å²) in [7, 11) is 0. The molecule has 2 aromatic rings. The van der Waals surface area contributed by atoms with Crippen LogP contribution in [0.15, 0.2) is 23.6 Å². The molecule has 4 rings (SSSR count). The minimum absolute atomic E-state index is 0.189. The van der Waals surface area contributed by atoms with E-state index < -0.39 is 0 Å². The highest BCUT2D eigenvalue weighted by molar-refractivity contribution is 7.10. The van der Waals surface area contributed by atoms with Crippen LogP contribution in [0.25, 0.3) is 0 Å². The molecule has 0 spiro atoms. The first-order valence-electron chi connectivity index (χ1n) is 9.13. The number of benzene rings is 1. The molecule has 1 saturated heterocycles. The van der Waals surface area contributed by atoms with Gasteiger partial charge in [0.15, 0.2) is 11.5 Å². The SMILES string of the molecule is CCc1c(C(=O)N2CCN(Cc3ccc4c(c3)OCO4)CC2)csc1C. The molecular weight excluding hydrogens is 348 g/mol. The zero-order valence-corrected chi connectivity index (χ0v) is 16.1. The number of amides is 1. The van der Waals surface area contributed by atoms with Crippen molar-refractivity contribution in [3.05, 3.63) is 45.1 Å². The Morgan fingerprint density at radius 3 is 2.69 bits per heavy atom. The van der Waals surface area contributed by atoms with Gasteiger partial charge < -0.3 is 14.4 Å². The third kappa shape index (κ3) is 3.31. The molecule has 138 valence electrons. The van der Waals surface area contributed by atoms with Gasteiger partial charge in [0.05, 0.1) is 5.56 Å². The standard InChI is InChI=1S/C20H24N2O3S/c1-3-16-14(2)26-12-17(16)20(23)22-8-6-21(7-9-22)11-15-4-5-18-19(10-15)25-13-24-18/h4-5,10,12H,3,6-9,11,13H2,1-2H3. The van der Waals surface area contributed by atoms with Gasteiger partial charge in [-0.05, 0) is 36.6 Å². The summed E-state index contributed by atoms with van der Waals surface area (Å²) < 4.78 is 10.8. The molecule has 1 fully saturated rings. The van der Waals surface area contributed by atoms with Crippen LogP contribution < -0.4 is 9.47 Å². The second kappa shape index (κ2) is 7.29. The number of hydrogen-bond acceptors (Lipinski definition) is 5. The van der Waals surface area contributed by atoms with Crippen molar-refractivity contribution in [1.29, 1.82) is 0 Å². The number of ether oxygens (including phenoxy) is 2. The van der Waals surface area contributed by atoms with Gasteiger partial charge in [0.2, 0.25) is 6.79 Å². The van der Waals surface area contributed by atoms with Crippen LogP contribution in [-0.4, -0.2) is 48.7 Å². The van der Waals surface area contributed by atoms with E-state index in [-0.39, 0.29) is 5.91 Å². The summed E-state index contributed by atoms with van der Waals surface area (Å²) >= 11 is 1.68. The predicted molar refractivity (Wildman–Crippen MR) is 102 cm³/mol. The topological polar surface area (TPSA) is 42.0 Å². The summed E-state index contributed by atoms with van der Waals surface area (Å²) in [6.07, 6.45) is 0.917. The van der Waals surface area contributed by atoms with Crippen LogP contribution in [0.3, 0.4) is 0 Å². The normalized spacial score (nSPS) is 16.9. The summed E-state index contributed by atoms with van der Waals surface area (Å²) in [5.74, 6) is 1.84. The molecule has 3 heterocycles. The van der Waals surface area contributed by atoms with Crippen molar-refractivity contribution < 1.29 is 14.3 Å². The zero-order chi connectivity index (χ0) is 18.1. The Hall–Kier alpha value is -2.05. The van der Waals surface area contributed by atoms with E-state index in [1.54, 1.807) is 11.3 Å². The van der Waals surface area contributed by atoms with E-state index in [0.29, 0.717) is 6.79 Å². The van der Waals surface area contributed by atoms with E-state index in [4.69, 9.17) is 9.47 Å². The third-order valence-corrected chi connectivity index (χ3v) is 6.14. The number of piperazine rings is 1. The first-order chi connectivity index (χ1) is 12.7. The van der Waals surface area contributed by atoms with Gasteiger partial charge in [0.25, 0.3) is 5.91 Å². The molecule has 6 heteroatoms. The molecule has 0 N–H and O–H groups in total. The molecule has 0 bridgehead atoms. The molecule has 1 aromatic carbocycles. The van der Waals surface area contributed by atoms with Crippen LogP contribution in [0.4, 0.5) is 0 Å². The molecule has 26 heavy (non-hydrogen) atoms. The lowest BCUT2D eigenvalue weighted by Gasteiger charge is -2.34. The van der Waals surface area contributed by atoms with Crippen LogP contribution in [0.5, 0.6) is 11.5 Å². The van der Waals surface area contributed by atoms with Gasteiger partial charge in [-0.1, -0.05) is 13.0 Å². The van der Waals surface area contributed by atoms with Gasteiger partial charge >= 0.3 is 0 Å². The Kier molecular flexibility index (Phi) is 4.87. The average molecular weight is 372 g/mol. The van der Waals surface area contributed by atoms with E-state index >= 15 is 0 Å². The predicted octanol–water partition coefficient (Wildman–Crippen LogP) is 3.31. The fraction of sp³-hybridized carbons (Fsp3) is 0.450. The monoisotopic (exact) mass is 372 g/mol. The lowest BCUT2D eigenvalue weighted by atomic mass is 10.1. The van der Waals surface area contributed by atoms with Crippen LogP contribution in [0, 0.1) is 6.92 Å². The van der Waals surface area contributed by atoms with Crippen molar-refractivity contribution in [3.8, 4) is 11.5 Å². The van der Waals surface area contributed by atoms with Crippen LogP contribution in [-0.2, 0) is 13.0 Å². The van der Waals surface area contributed by atoms with Crippen LogP contribution in [0.1, 0.15) is 33.3 Å². The molecule has 0 atom stereocenters. The van der Waals surface area contributed by atoms with E-state index in [2.05, 4.69) is 30.9 Å².